The molecule has 0 radical (unpaired) electrons. The van der Waals surface area contributed by atoms with Crippen LogP contribution in [0.4, 0.5) is 0 Å². The van der Waals surface area contributed by atoms with Crippen molar-refractivity contribution in [2.45, 2.75) is 17.7 Å². The summed E-state index contributed by atoms with van der Waals surface area (Å²) in [7, 11) is 0. The van der Waals surface area contributed by atoms with E-state index in [0.717, 1.165) is 19.6 Å². The van der Waals surface area contributed by atoms with Gasteiger partial charge in [0.15, 0.2) is 0 Å². The fraction of sp³-hybridized carbons (Fsp3) is 1.00. The minimum Gasteiger partial charge on any atom is -0.381 e. The van der Waals surface area contributed by atoms with E-state index >= 15 is 0 Å². The fourth-order valence-electron chi connectivity index (χ4n) is 2.10. The topological polar surface area (TPSA) is 47.3 Å². The summed E-state index contributed by atoms with van der Waals surface area (Å²) in [5.41, 5.74) is 3.00. The van der Waals surface area contributed by atoms with E-state index in [4.69, 9.17) is 10.6 Å². The molecule has 3 unspecified atom stereocenters. The predicted octanol–water partition coefficient (Wildman–Crippen LogP) is 0.703. The lowest BCUT2D eigenvalue weighted by Gasteiger charge is -2.32. The van der Waals surface area contributed by atoms with E-state index in [0.29, 0.717) is 17.2 Å². The third-order valence-electron chi connectivity index (χ3n) is 2.91. The Morgan fingerprint density at radius 1 is 1.43 bits per heavy atom. The molecule has 3 nitrogen and oxygen atoms in total. The van der Waals surface area contributed by atoms with Gasteiger partial charge in [0.05, 0.1) is 6.61 Å². The van der Waals surface area contributed by atoms with Crippen molar-refractivity contribution in [3.63, 3.8) is 0 Å². The Morgan fingerprint density at radius 2 is 2.36 bits per heavy atom. The van der Waals surface area contributed by atoms with E-state index in [9.17, 15) is 0 Å². The summed E-state index contributed by atoms with van der Waals surface area (Å²) in [5.74, 6) is 10.1. The lowest BCUT2D eigenvalue weighted by atomic mass is 9.97. The normalized spacial score (nSPS) is 35.8. The molecule has 0 amide bonds. The lowest BCUT2D eigenvalue weighted by Crippen LogP contribution is -2.49. The largest absolute Gasteiger partial charge is 0.381 e. The van der Waals surface area contributed by atoms with Crippen LogP contribution >= 0.6 is 23.5 Å². The molecule has 2 aliphatic heterocycles. The van der Waals surface area contributed by atoms with Crippen LogP contribution in [0, 0.1) is 5.92 Å². The van der Waals surface area contributed by atoms with Crippen LogP contribution in [0.15, 0.2) is 0 Å². The summed E-state index contributed by atoms with van der Waals surface area (Å²) in [5, 5.41) is 0.672. The van der Waals surface area contributed by atoms with Crippen molar-refractivity contribution in [2.24, 2.45) is 11.8 Å². The van der Waals surface area contributed by atoms with Gasteiger partial charge in [0.2, 0.25) is 0 Å². The highest BCUT2D eigenvalue weighted by atomic mass is 32.2. The van der Waals surface area contributed by atoms with E-state index in [-0.39, 0.29) is 0 Å². The van der Waals surface area contributed by atoms with E-state index < -0.39 is 0 Å². The molecule has 0 aromatic rings. The van der Waals surface area contributed by atoms with Crippen LogP contribution in [0.3, 0.4) is 0 Å². The quantitative estimate of drug-likeness (QED) is 0.556. The molecule has 0 aromatic heterocycles. The van der Waals surface area contributed by atoms with Crippen molar-refractivity contribution >= 4 is 23.5 Å². The molecule has 82 valence electrons. The molecule has 0 saturated carbocycles. The summed E-state index contributed by atoms with van der Waals surface area (Å²) >= 11 is 4.11. The standard InChI is InChI=1S/C9H18N2OS2/c10-11-9(7-1-2-12-5-7)8-6-13-3-4-14-8/h7-9,11H,1-6,10H2. The molecule has 0 spiro atoms. The van der Waals surface area contributed by atoms with Crippen LogP contribution in [0.25, 0.3) is 0 Å². The molecule has 0 aliphatic carbocycles. The SMILES string of the molecule is NNC(C1CCOC1)C1CSCCS1. The number of nitrogens with one attached hydrogen (secondary N) is 1. The maximum Gasteiger partial charge on any atom is 0.0510 e. The van der Waals surface area contributed by atoms with Crippen molar-refractivity contribution in [3.8, 4) is 0 Å². The highest BCUT2D eigenvalue weighted by molar-refractivity contribution is 8.06. The first-order valence-corrected chi connectivity index (χ1v) is 7.35. The van der Waals surface area contributed by atoms with E-state index in [1.165, 1.54) is 17.3 Å². The van der Waals surface area contributed by atoms with Gasteiger partial charge < -0.3 is 4.74 Å². The minimum absolute atomic E-state index is 0.440. The Labute approximate surface area is 93.9 Å². The molecule has 2 saturated heterocycles. The maximum atomic E-state index is 5.66. The van der Waals surface area contributed by atoms with Crippen molar-refractivity contribution in [2.75, 3.05) is 30.5 Å². The van der Waals surface area contributed by atoms with Gasteiger partial charge in [-0.3, -0.25) is 11.3 Å². The van der Waals surface area contributed by atoms with E-state index in [1.54, 1.807) is 0 Å². The highest BCUT2D eigenvalue weighted by Crippen LogP contribution is 2.31. The van der Waals surface area contributed by atoms with Gasteiger partial charge in [-0.05, 0) is 6.42 Å². The van der Waals surface area contributed by atoms with Crippen LogP contribution in [0.2, 0.25) is 0 Å². The Bertz CT molecular complexity index is 170. The van der Waals surface area contributed by atoms with Crippen LogP contribution < -0.4 is 11.3 Å². The number of nitrogens with two attached hydrogens (primary N) is 1. The minimum atomic E-state index is 0.440. The number of rotatable bonds is 3. The molecule has 3 atom stereocenters. The van der Waals surface area contributed by atoms with Gasteiger partial charge in [-0.15, -0.1) is 0 Å². The first kappa shape index (κ1) is 11.1. The van der Waals surface area contributed by atoms with Gasteiger partial charge in [0.1, 0.15) is 0 Å². The van der Waals surface area contributed by atoms with Gasteiger partial charge in [-0.1, -0.05) is 0 Å². The Balaban J connectivity index is 1.89. The number of hydrogen-bond acceptors (Lipinski definition) is 5. The number of hydrogen-bond donors (Lipinski definition) is 2. The molecule has 2 fully saturated rings. The molecule has 0 bridgehead atoms. The Morgan fingerprint density at radius 3 is 2.93 bits per heavy atom. The molecular formula is C9H18N2OS2. The summed E-state index contributed by atoms with van der Waals surface area (Å²) in [4.78, 5) is 0. The molecule has 2 heterocycles. The number of thioether (sulfide) groups is 2. The molecule has 3 N–H and O–H groups in total. The molecule has 2 aliphatic rings. The third kappa shape index (κ3) is 2.58. The van der Waals surface area contributed by atoms with Crippen LogP contribution in [-0.2, 0) is 4.74 Å². The van der Waals surface area contributed by atoms with Gasteiger partial charge in [-0.2, -0.15) is 23.5 Å². The van der Waals surface area contributed by atoms with E-state index in [2.05, 4.69) is 17.2 Å². The Hall–Kier alpha value is 0.580. The first-order valence-electron chi connectivity index (χ1n) is 5.15. The molecule has 2 rings (SSSR count). The molecule has 0 aromatic carbocycles. The van der Waals surface area contributed by atoms with Gasteiger partial charge in [0.25, 0.3) is 0 Å². The average Bonchev–Trinajstić information content (AvgIpc) is 2.74. The van der Waals surface area contributed by atoms with Gasteiger partial charge >= 0.3 is 0 Å². The van der Waals surface area contributed by atoms with Gasteiger partial charge in [-0.25, -0.2) is 0 Å². The molecular weight excluding hydrogens is 216 g/mol. The van der Waals surface area contributed by atoms with Crippen LogP contribution in [-0.4, -0.2) is 41.8 Å². The zero-order valence-corrected chi connectivity index (χ0v) is 9.91. The first-order chi connectivity index (χ1) is 6.92. The molecule has 5 heteroatoms. The smallest absolute Gasteiger partial charge is 0.0510 e. The Kier molecular flexibility index (Phi) is 4.44. The third-order valence-corrected chi connectivity index (χ3v) is 5.79. The van der Waals surface area contributed by atoms with Crippen molar-refractivity contribution < 1.29 is 4.74 Å². The second-order valence-corrected chi connectivity index (χ2v) is 6.30. The second-order valence-electron chi connectivity index (χ2n) is 3.80. The van der Waals surface area contributed by atoms with E-state index in [1.807, 2.05) is 11.8 Å². The van der Waals surface area contributed by atoms with Crippen LogP contribution in [0.5, 0.6) is 0 Å². The lowest BCUT2D eigenvalue weighted by molar-refractivity contribution is 0.176. The highest BCUT2D eigenvalue weighted by Gasteiger charge is 2.32. The zero-order chi connectivity index (χ0) is 9.80. The summed E-state index contributed by atoms with van der Waals surface area (Å²) in [6.45, 7) is 1.80. The van der Waals surface area contributed by atoms with Crippen molar-refractivity contribution in [3.05, 3.63) is 0 Å². The van der Waals surface area contributed by atoms with Gasteiger partial charge in [0, 0.05) is 41.1 Å². The zero-order valence-electron chi connectivity index (χ0n) is 8.28. The molecule has 14 heavy (non-hydrogen) atoms. The maximum absolute atomic E-state index is 5.66. The average molecular weight is 234 g/mol. The number of hydrazine groups is 1. The van der Waals surface area contributed by atoms with Crippen molar-refractivity contribution in [1.29, 1.82) is 0 Å². The predicted molar refractivity (Wildman–Crippen MR) is 63.6 cm³/mol. The fourth-order valence-corrected chi connectivity index (χ4v) is 5.04. The summed E-state index contributed by atoms with van der Waals surface area (Å²) < 4.78 is 5.42. The summed E-state index contributed by atoms with van der Waals surface area (Å²) in [6, 6.07) is 0.440. The monoisotopic (exact) mass is 234 g/mol. The summed E-state index contributed by atoms with van der Waals surface area (Å²) in [6.07, 6.45) is 1.16. The van der Waals surface area contributed by atoms with Crippen LogP contribution in [0.1, 0.15) is 6.42 Å². The number of ether oxygens (including phenoxy) is 1. The second kappa shape index (κ2) is 5.61. The van der Waals surface area contributed by atoms with Crippen molar-refractivity contribution in [1.82, 2.24) is 5.43 Å².